The lowest BCUT2D eigenvalue weighted by Crippen LogP contribution is -2.19. The van der Waals surface area contributed by atoms with Crippen LogP contribution in [-0.4, -0.2) is 17.6 Å². The minimum Gasteiger partial charge on any atom is -0.314 e. The average molecular weight is 244 g/mol. The smallest absolute Gasteiger partial charge is 0.0945 e. The van der Waals surface area contributed by atoms with E-state index in [1.807, 2.05) is 6.07 Å². The van der Waals surface area contributed by atoms with Gasteiger partial charge in [-0.2, -0.15) is 0 Å². The molecule has 1 aliphatic rings. The molecule has 0 aliphatic heterocycles. The predicted octanol–water partition coefficient (Wildman–Crippen LogP) is 3.10. The Morgan fingerprint density at radius 1 is 1.24 bits per heavy atom. The number of hydrogen-bond donors (Lipinski definition) is 1. The van der Waals surface area contributed by atoms with Crippen LogP contribution in [0.3, 0.4) is 0 Å². The lowest BCUT2D eigenvalue weighted by Gasteiger charge is -1.99. The maximum absolute atomic E-state index is 4.68. The molecule has 1 aliphatic carbocycles. The van der Waals surface area contributed by atoms with Crippen LogP contribution in [0.25, 0.3) is 11.3 Å². The third kappa shape index (κ3) is 2.93. The molecule has 3 heteroatoms. The molecule has 1 heterocycles. The van der Waals surface area contributed by atoms with Crippen LogP contribution in [0.2, 0.25) is 0 Å². The van der Waals surface area contributed by atoms with Crippen molar-refractivity contribution < 1.29 is 0 Å². The molecule has 0 atom stereocenters. The molecule has 0 spiro atoms. The number of aromatic nitrogens is 1. The van der Waals surface area contributed by atoms with Crippen LogP contribution in [0.4, 0.5) is 0 Å². The van der Waals surface area contributed by atoms with E-state index in [1.54, 1.807) is 11.3 Å². The highest BCUT2D eigenvalue weighted by Gasteiger charge is 2.19. The van der Waals surface area contributed by atoms with Gasteiger partial charge in [0.05, 0.1) is 10.7 Å². The first-order valence-corrected chi connectivity index (χ1v) is 7.03. The molecule has 1 aromatic heterocycles. The Bertz CT molecular complexity index is 474. The molecule has 0 saturated heterocycles. The largest absolute Gasteiger partial charge is 0.314 e. The van der Waals surface area contributed by atoms with Gasteiger partial charge < -0.3 is 5.32 Å². The van der Waals surface area contributed by atoms with Crippen molar-refractivity contribution in [3.05, 3.63) is 40.7 Å². The first kappa shape index (κ1) is 10.9. The lowest BCUT2D eigenvalue weighted by atomic mass is 10.2. The Hall–Kier alpha value is -1.19. The summed E-state index contributed by atoms with van der Waals surface area (Å²) in [6.45, 7) is 1.06. The summed E-state index contributed by atoms with van der Waals surface area (Å²) < 4.78 is 0. The van der Waals surface area contributed by atoms with Crippen molar-refractivity contribution in [2.75, 3.05) is 6.54 Å². The molecule has 2 nitrogen and oxygen atoms in total. The van der Waals surface area contributed by atoms with E-state index in [1.165, 1.54) is 23.4 Å². The van der Waals surface area contributed by atoms with E-state index in [9.17, 15) is 0 Å². The van der Waals surface area contributed by atoms with Crippen LogP contribution < -0.4 is 5.32 Å². The quantitative estimate of drug-likeness (QED) is 0.874. The third-order valence-electron chi connectivity index (χ3n) is 2.97. The van der Waals surface area contributed by atoms with E-state index in [0.717, 1.165) is 24.7 Å². The number of benzene rings is 1. The summed E-state index contributed by atoms with van der Waals surface area (Å²) in [4.78, 5) is 4.68. The van der Waals surface area contributed by atoms with Crippen molar-refractivity contribution >= 4 is 11.3 Å². The highest BCUT2D eigenvalue weighted by Crippen LogP contribution is 2.22. The summed E-state index contributed by atoms with van der Waals surface area (Å²) in [7, 11) is 0. The van der Waals surface area contributed by atoms with Crippen LogP contribution in [0.5, 0.6) is 0 Å². The van der Waals surface area contributed by atoms with Gasteiger partial charge in [-0.05, 0) is 12.8 Å². The van der Waals surface area contributed by atoms with Gasteiger partial charge in [-0.25, -0.2) is 4.98 Å². The molecule has 0 amide bonds. The van der Waals surface area contributed by atoms with Crippen molar-refractivity contribution in [1.82, 2.24) is 10.3 Å². The number of nitrogens with zero attached hydrogens (tertiary/aromatic N) is 1. The maximum Gasteiger partial charge on any atom is 0.0945 e. The van der Waals surface area contributed by atoms with Crippen molar-refractivity contribution in [3.63, 3.8) is 0 Å². The maximum atomic E-state index is 4.68. The first-order chi connectivity index (χ1) is 8.42. The van der Waals surface area contributed by atoms with Gasteiger partial charge in [0.25, 0.3) is 0 Å². The highest BCUT2D eigenvalue weighted by atomic mass is 32.1. The molecule has 1 fully saturated rings. The van der Waals surface area contributed by atoms with Crippen LogP contribution in [0.15, 0.2) is 35.7 Å². The van der Waals surface area contributed by atoms with Gasteiger partial charge in [-0.1, -0.05) is 30.3 Å². The van der Waals surface area contributed by atoms with Gasteiger partial charge in [0.15, 0.2) is 0 Å². The summed E-state index contributed by atoms with van der Waals surface area (Å²) in [6.07, 6.45) is 3.76. The van der Waals surface area contributed by atoms with Gasteiger partial charge in [0, 0.05) is 30.0 Å². The number of rotatable bonds is 5. The SMILES string of the molecule is c1ccc(-c2csc(CCNC3CC3)n2)cc1. The van der Waals surface area contributed by atoms with E-state index < -0.39 is 0 Å². The first-order valence-electron chi connectivity index (χ1n) is 6.15. The highest BCUT2D eigenvalue weighted by molar-refractivity contribution is 7.09. The molecule has 2 aromatic rings. The third-order valence-corrected chi connectivity index (χ3v) is 3.88. The van der Waals surface area contributed by atoms with Crippen LogP contribution >= 0.6 is 11.3 Å². The molecular formula is C14H16N2S. The zero-order valence-electron chi connectivity index (χ0n) is 9.73. The van der Waals surface area contributed by atoms with Crippen LogP contribution in [-0.2, 0) is 6.42 Å². The molecule has 0 bridgehead atoms. The van der Waals surface area contributed by atoms with E-state index in [0.29, 0.717) is 0 Å². The number of hydrogen-bond acceptors (Lipinski definition) is 3. The molecule has 0 unspecified atom stereocenters. The monoisotopic (exact) mass is 244 g/mol. The lowest BCUT2D eigenvalue weighted by molar-refractivity contribution is 0.680. The Kier molecular flexibility index (Phi) is 3.20. The van der Waals surface area contributed by atoms with E-state index >= 15 is 0 Å². The minimum atomic E-state index is 0.795. The summed E-state index contributed by atoms with van der Waals surface area (Å²) in [5.74, 6) is 0. The molecule has 1 N–H and O–H groups in total. The molecule has 1 saturated carbocycles. The Morgan fingerprint density at radius 2 is 2.06 bits per heavy atom. The van der Waals surface area contributed by atoms with Crippen LogP contribution in [0.1, 0.15) is 17.8 Å². The van der Waals surface area contributed by atoms with Gasteiger partial charge in [0.2, 0.25) is 0 Å². The van der Waals surface area contributed by atoms with E-state index in [4.69, 9.17) is 0 Å². The molecular weight excluding hydrogens is 228 g/mol. The fourth-order valence-corrected chi connectivity index (χ4v) is 2.65. The molecule has 88 valence electrons. The minimum absolute atomic E-state index is 0.795. The summed E-state index contributed by atoms with van der Waals surface area (Å²) in [5, 5.41) is 6.91. The molecule has 17 heavy (non-hydrogen) atoms. The van der Waals surface area contributed by atoms with Crippen LogP contribution in [0, 0.1) is 0 Å². The number of nitrogens with one attached hydrogen (secondary N) is 1. The van der Waals surface area contributed by atoms with Gasteiger partial charge >= 0.3 is 0 Å². The Balaban J connectivity index is 1.61. The second kappa shape index (κ2) is 4.98. The van der Waals surface area contributed by atoms with E-state index in [-0.39, 0.29) is 0 Å². The predicted molar refractivity (Wildman–Crippen MR) is 72.3 cm³/mol. The number of thiazole rings is 1. The summed E-state index contributed by atoms with van der Waals surface area (Å²) >= 11 is 1.77. The summed E-state index contributed by atoms with van der Waals surface area (Å²) in [6, 6.07) is 11.2. The molecule has 3 rings (SSSR count). The Morgan fingerprint density at radius 3 is 2.82 bits per heavy atom. The van der Waals surface area contributed by atoms with Gasteiger partial charge in [0.1, 0.15) is 0 Å². The van der Waals surface area contributed by atoms with Gasteiger partial charge in [-0.15, -0.1) is 11.3 Å². The second-order valence-electron chi connectivity index (χ2n) is 4.47. The fraction of sp³-hybridized carbons (Fsp3) is 0.357. The molecule has 0 radical (unpaired) electrons. The average Bonchev–Trinajstić information content (AvgIpc) is 3.07. The van der Waals surface area contributed by atoms with Gasteiger partial charge in [-0.3, -0.25) is 0 Å². The van der Waals surface area contributed by atoms with Crippen molar-refractivity contribution in [2.24, 2.45) is 0 Å². The fourth-order valence-electron chi connectivity index (χ4n) is 1.84. The summed E-state index contributed by atoms with van der Waals surface area (Å²) in [5.41, 5.74) is 2.32. The standard InChI is InChI=1S/C14H16N2S/c1-2-4-11(5-3-1)13-10-17-14(16-13)8-9-15-12-6-7-12/h1-5,10,12,15H,6-9H2. The normalized spacial score (nSPS) is 15.1. The van der Waals surface area contributed by atoms with Crippen molar-refractivity contribution in [3.8, 4) is 11.3 Å². The zero-order chi connectivity index (χ0) is 11.5. The van der Waals surface area contributed by atoms with E-state index in [2.05, 4.69) is 39.9 Å². The molecule has 1 aromatic carbocycles. The van der Waals surface area contributed by atoms with Crippen molar-refractivity contribution in [2.45, 2.75) is 25.3 Å². The van der Waals surface area contributed by atoms with Crippen molar-refractivity contribution in [1.29, 1.82) is 0 Å². The zero-order valence-corrected chi connectivity index (χ0v) is 10.5. The Labute approximate surface area is 106 Å². The topological polar surface area (TPSA) is 24.9 Å². The second-order valence-corrected chi connectivity index (χ2v) is 5.41.